The maximum atomic E-state index is 13.0. The summed E-state index contributed by atoms with van der Waals surface area (Å²) in [5.41, 5.74) is 0. The molecule has 0 aliphatic carbocycles. The average Bonchev–Trinajstić information content (AvgIpc) is 3.43. The van der Waals surface area contributed by atoms with Crippen molar-refractivity contribution in [2.45, 2.75) is 301 Å². The van der Waals surface area contributed by atoms with Crippen LogP contribution in [0.1, 0.15) is 258 Å². The van der Waals surface area contributed by atoms with E-state index in [1.165, 1.54) is 148 Å². The van der Waals surface area contributed by atoms with E-state index < -0.39 is 49.5 Å². The summed E-state index contributed by atoms with van der Waals surface area (Å²) in [5, 5.41) is 54.4. The second-order valence-corrected chi connectivity index (χ2v) is 21.4. The third-order valence-corrected chi connectivity index (χ3v) is 14.3. The van der Waals surface area contributed by atoms with Crippen LogP contribution < -0.4 is 5.32 Å². The Hall–Kier alpha value is -3.15. The van der Waals surface area contributed by atoms with Gasteiger partial charge in [0.1, 0.15) is 24.4 Å². The zero-order chi connectivity index (χ0) is 55.8. The van der Waals surface area contributed by atoms with E-state index in [0.717, 1.165) is 89.9 Å². The highest BCUT2D eigenvalue weighted by atomic mass is 16.7. The number of ether oxygens (including phenoxy) is 2. The van der Waals surface area contributed by atoms with Crippen LogP contribution in [0.2, 0.25) is 0 Å². The Kier molecular flexibility index (Phi) is 52.4. The zero-order valence-corrected chi connectivity index (χ0v) is 49.2. The highest BCUT2D eigenvalue weighted by Gasteiger charge is 2.44. The monoisotopic (exact) mass is 1080 g/mol. The zero-order valence-electron chi connectivity index (χ0n) is 49.2. The van der Waals surface area contributed by atoms with Crippen molar-refractivity contribution in [2.24, 2.45) is 0 Å². The van der Waals surface area contributed by atoms with Crippen molar-refractivity contribution in [1.29, 1.82) is 0 Å². The van der Waals surface area contributed by atoms with E-state index in [2.05, 4.69) is 116 Å². The summed E-state index contributed by atoms with van der Waals surface area (Å²) in [4.78, 5) is 13.0. The maximum Gasteiger partial charge on any atom is 0.220 e. The van der Waals surface area contributed by atoms with E-state index >= 15 is 0 Å². The van der Waals surface area contributed by atoms with E-state index in [4.69, 9.17) is 9.47 Å². The number of carbonyl (C=O) groups is 1. The summed E-state index contributed by atoms with van der Waals surface area (Å²) < 4.78 is 11.2. The largest absolute Gasteiger partial charge is 0.394 e. The van der Waals surface area contributed by atoms with Gasteiger partial charge in [0.05, 0.1) is 25.4 Å². The summed E-state index contributed by atoms with van der Waals surface area (Å²) in [6, 6.07) is -0.831. The second kappa shape index (κ2) is 56.1. The average molecular weight is 1080 g/mol. The predicted molar refractivity (Wildman–Crippen MR) is 327 cm³/mol. The first-order valence-corrected chi connectivity index (χ1v) is 31.6. The van der Waals surface area contributed by atoms with Gasteiger partial charge in [-0.2, -0.15) is 0 Å². The Morgan fingerprint density at radius 2 is 0.818 bits per heavy atom. The van der Waals surface area contributed by atoms with Gasteiger partial charge in [-0.1, -0.05) is 264 Å². The number of aliphatic hydroxyl groups is 5. The first-order valence-electron chi connectivity index (χ1n) is 31.6. The fourth-order valence-electron chi connectivity index (χ4n) is 9.37. The smallest absolute Gasteiger partial charge is 0.220 e. The molecule has 7 unspecified atom stereocenters. The Balaban J connectivity index is 2.05. The predicted octanol–water partition coefficient (Wildman–Crippen LogP) is 16.5. The van der Waals surface area contributed by atoms with Crippen molar-refractivity contribution in [3.05, 3.63) is 109 Å². The normalized spacial score (nSPS) is 19.5. The number of aliphatic hydroxyl groups excluding tert-OH is 5. The summed E-state index contributed by atoms with van der Waals surface area (Å²) in [6.45, 7) is 3.61. The molecule has 0 aromatic carbocycles. The first kappa shape index (κ1) is 71.9. The lowest BCUT2D eigenvalue weighted by molar-refractivity contribution is -0.302. The topological polar surface area (TPSA) is 149 Å². The number of hydrogen-bond donors (Lipinski definition) is 6. The van der Waals surface area contributed by atoms with Crippen LogP contribution in [0.5, 0.6) is 0 Å². The van der Waals surface area contributed by atoms with Crippen LogP contribution >= 0.6 is 0 Å². The maximum absolute atomic E-state index is 13.0. The van der Waals surface area contributed by atoms with Gasteiger partial charge in [0.25, 0.3) is 0 Å². The molecule has 6 N–H and O–H groups in total. The molecule has 0 bridgehead atoms. The van der Waals surface area contributed by atoms with Gasteiger partial charge in [-0.3, -0.25) is 4.79 Å². The standard InChI is InChI=1S/C68H117NO8/c1-3-5-7-9-11-13-15-17-18-19-20-21-22-23-24-25-26-27-28-29-30-31-32-33-34-35-36-37-38-39-40-41-42-43-44-46-48-50-52-54-56-58-64(72)69-61(60-76-68-67(75)66(74)65(73)63(59-70)77-68)62(71)57-55-53-51-49-47-45-16-14-12-10-8-6-4-2/h5,7,11-14,17-18,20-21,23-24,26-27,47,49,55,57,61-63,65-68,70-71,73-75H,3-4,6,8-10,15-16,19,22,25,28-46,48,50-54,56,58-60H2,1-2H3,(H,69,72)/b7-5-,13-11-,14-12+,18-17-,21-20-,24-23-,27-26-,49-47+,57-55+. The molecule has 0 aromatic heterocycles. The Bertz CT molecular complexity index is 1580. The first-order chi connectivity index (χ1) is 37.8. The molecule has 1 aliphatic heterocycles. The molecular formula is C68H117NO8. The van der Waals surface area contributed by atoms with Crippen LogP contribution in [0.4, 0.5) is 0 Å². The molecule has 0 saturated carbocycles. The quantitative estimate of drug-likeness (QED) is 0.0261. The highest BCUT2D eigenvalue weighted by Crippen LogP contribution is 2.23. The molecule has 1 saturated heterocycles. The van der Waals surface area contributed by atoms with Crippen LogP contribution in [0, 0.1) is 0 Å². The molecule has 0 aromatic rings. The number of nitrogens with one attached hydrogen (secondary N) is 1. The van der Waals surface area contributed by atoms with Crippen molar-refractivity contribution in [2.75, 3.05) is 13.2 Å². The molecule has 442 valence electrons. The van der Waals surface area contributed by atoms with Crippen molar-refractivity contribution < 1.29 is 39.8 Å². The third-order valence-electron chi connectivity index (χ3n) is 14.3. The van der Waals surface area contributed by atoms with Gasteiger partial charge in [0, 0.05) is 6.42 Å². The van der Waals surface area contributed by atoms with Crippen LogP contribution in [0.3, 0.4) is 0 Å². The molecule has 1 rings (SSSR count). The summed E-state index contributed by atoms with van der Waals surface area (Å²) in [7, 11) is 0. The number of hydrogen-bond acceptors (Lipinski definition) is 8. The lowest BCUT2D eigenvalue weighted by Gasteiger charge is -2.40. The molecule has 1 fully saturated rings. The number of carbonyl (C=O) groups excluding carboxylic acids is 1. The third kappa shape index (κ3) is 45.3. The van der Waals surface area contributed by atoms with Gasteiger partial charge in [-0.05, 0) is 96.3 Å². The number of amides is 1. The van der Waals surface area contributed by atoms with E-state index in [-0.39, 0.29) is 12.5 Å². The molecule has 7 atom stereocenters. The van der Waals surface area contributed by atoms with Crippen molar-refractivity contribution in [3.8, 4) is 0 Å². The van der Waals surface area contributed by atoms with Gasteiger partial charge in [-0.25, -0.2) is 0 Å². The lowest BCUT2D eigenvalue weighted by atomic mass is 9.99. The fourth-order valence-corrected chi connectivity index (χ4v) is 9.37. The van der Waals surface area contributed by atoms with Gasteiger partial charge in [0.2, 0.25) is 5.91 Å². The van der Waals surface area contributed by atoms with Gasteiger partial charge < -0.3 is 40.3 Å². The van der Waals surface area contributed by atoms with E-state index in [1.54, 1.807) is 6.08 Å². The minimum absolute atomic E-state index is 0.192. The SMILES string of the molecule is CC/C=C\C/C=C\C/C=C\C/C=C\C/C=C\C/C=C\CCCCCCCCCCCCCCCCCCCCCCCCC(=O)NC(COC1OC(CO)C(O)C(O)C1O)C(O)/C=C/CC/C=C/CC/C=C/CCCCC. The fraction of sp³-hybridized carbons (Fsp3) is 0.721. The van der Waals surface area contributed by atoms with Crippen LogP contribution in [0.25, 0.3) is 0 Å². The van der Waals surface area contributed by atoms with Crippen LogP contribution in [0.15, 0.2) is 109 Å². The van der Waals surface area contributed by atoms with Crippen LogP contribution in [-0.4, -0.2) is 87.5 Å². The lowest BCUT2D eigenvalue weighted by Crippen LogP contribution is -2.60. The Labute approximate surface area is 472 Å². The molecule has 9 heteroatoms. The number of allylic oxidation sites excluding steroid dienone is 17. The number of unbranched alkanes of at least 4 members (excludes halogenated alkanes) is 27. The minimum Gasteiger partial charge on any atom is -0.394 e. The van der Waals surface area contributed by atoms with Crippen molar-refractivity contribution in [1.82, 2.24) is 5.32 Å². The van der Waals surface area contributed by atoms with Crippen molar-refractivity contribution in [3.63, 3.8) is 0 Å². The molecule has 1 amide bonds. The molecule has 1 aliphatic rings. The highest BCUT2D eigenvalue weighted by molar-refractivity contribution is 5.76. The Morgan fingerprint density at radius 3 is 1.25 bits per heavy atom. The van der Waals surface area contributed by atoms with E-state index in [1.807, 2.05) is 6.08 Å². The minimum atomic E-state index is -1.58. The molecule has 0 radical (unpaired) electrons. The summed E-state index contributed by atoms with van der Waals surface area (Å²) in [5.74, 6) is -0.192. The second-order valence-electron chi connectivity index (χ2n) is 21.4. The van der Waals surface area contributed by atoms with Crippen molar-refractivity contribution >= 4 is 5.91 Å². The molecule has 1 heterocycles. The van der Waals surface area contributed by atoms with Gasteiger partial charge in [-0.15, -0.1) is 0 Å². The summed E-state index contributed by atoms with van der Waals surface area (Å²) in [6.07, 6.45) is 76.2. The molecular weight excluding hydrogens is 959 g/mol. The van der Waals surface area contributed by atoms with Crippen LogP contribution in [-0.2, 0) is 14.3 Å². The molecule has 77 heavy (non-hydrogen) atoms. The van der Waals surface area contributed by atoms with E-state index in [9.17, 15) is 30.3 Å². The molecule has 0 spiro atoms. The van der Waals surface area contributed by atoms with Gasteiger partial charge >= 0.3 is 0 Å². The molecule has 9 nitrogen and oxygen atoms in total. The van der Waals surface area contributed by atoms with Gasteiger partial charge in [0.15, 0.2) is 6.29 Å². The number of rotatable bonds is 53. The van der Waals surface area contributed by atoms with E-state index in [0.29, 0.717) is 6.42 Å². The Morgan fingerprint density at radius 1 is 0.455 bits per heavy atom. The summed E-state index contributed by atoms with van der Waals surface area (Å²) >= 11 is 0.